The fraction of sp³-hybridized carbons (Fsp3) is 0.235. The molecule has 0 aliphatic rings. The SMILES string of the molecule is CCN(CC)c1cccc(Nc2nc3ccccc3s2)c1. The molecule has 0 amide bonds. The summed E-state index contributed by atoms with van der Waals surface area (Å²) < 4.78 is 1.21. The van der Waals surface area contributed by atoms with E-state index in [2.05, 4.69) is 59.4 Å². The summed E-state index contributed by atoms with van der Waals surface area (Å²) in [5.74, 6) is 0. The lowest BCUT2D eigenvalue weighted by atomic mass is 10.2. The van der Waals surface area contributed by atoms with E-state index in [1.165, 1.54) is 10.4 Å². The highest BCUT2D eigenvalue weighted by Crippen LogP contribution is 2.29. The summed E-state index contributed by atoms with van der Waals surface area (Å²) in [6.45, 7) is 6.39. The number of thiazole rings is 1. The maximum absolute atomic E-state index is 4.62. The number of nitrogens with zero attached hydrogens (tertiary/aromatic N) is 2. The van der Waals surface area contributed by atoms with Crippen molar-refractivity contribution in [3.63, 3.8) is 0 Å². The molecule has 0 saturated carbocycles. The van der Waals surface area contributed by atoms with Crippen LogP contribution >= 0.6 is 11.3 Å². The minimum absolute atomic E-state index is 0.938. The van der Waals surface area contributed by atoms with Crippen molar-refractivity contribution in [3.05, 3.63) is 48.5 Å². The summed E-state index contributed by atoms with van der Waals surface area (Å²) in [4.78, 5) is 6.95. The van der Waals surface area contributed by atoms with E-state index in [-0.39, 0.29) is 0 Å². The van der Waals surface area contributed by atoms with Gasteiger partial charge in [0.1, 0.15) is 0 Å². The van der Waals surface area contributed by atoms with E-state index in [0.717, 1.165) is 29.4 Å². The zero-order valence-corrected chi connectivity index (χ0v) is 13.2. The molecule has 3 aromatic rings. The van der Waals surface area contributed by atoms with Gasteiger partial charge in [0, 0.05) is 24.5 Å². The van der Waals surface area contributed by atoms with E-state index in [0.29, 0.717) is 0 Å². The Morgan fingerprint density at radius 1 is 1.05 bits per heavy atom. The lowest BCUT2D eigenvalue weighted by Crippen LogP contribution is -2.21. The highest BCUT2D eigenvalue weighted by molar-refractivity contribution is 7.22. The highest BCUT2D eigenvalue weighted by Gasteiger charge is 2.05. The van der Waals surface area contributed by atoms with Crippen LogP contribution in [0.4, 0.5) is 16.5 Å². The molecule has 1 heterocycles. The summed E-state index contributed by atoms with van der Waals surface area (Å²) in [5, 5.41) is 4.36. The second-order valence-corrected chi connectivity index (χ2v) is 5.87. The van der Waals surface area contributed by atoms with E-state index in [9.17, 15) is 0 Å². The summed E-state index contributed by atoms with van der Waals surface area (Å²) in [5.41, 5.74) is 3.37. The van der Waals surface area contributed by atoms with E-state index in [1.807, 2.05) is 18.2 Å². The van der Waals surface area contributed by atoms with Crippen molar-refractivity contribution in [2.24, 2.45) is 0 Å². The second kappa shape index (κ2) is 6.14. The number of hydrogen-bond donors (Lipinski definition) is 1. The van der Waals surface area contributed by atoms with Crippen molar-refractivity contribution in [3.8, 4) is 0 Å². The second-order valence-electron chi connectivity index (χ2n) is 4.83. The maximum atomic E-state index is 4.62. The average Bonchev–Trinajstić information content (AvgIpc) is 2.91. The van der Waals surface area contributed by atoms with Gasteiger partial charge < -0.3 is 10.2 Å². The normalized spacial score (nSPS) is 10.8. The minimum Gasteiger partial charge on any atom is -0.372 e. The molecule has 1 aromatic heterocycles. The standard InChI is InChI=1S/C17H19N3S/c1-3-20(4-2)14-9-7-8-13(12-14)18-17-19-15-10-5-6-11-16(15)21-17/h5-12H,3-4H2,1-2H3,(H,18,19). The van der Waals surface area contributed by atoms with Crippen LogP contribution < -0.4 is 10.2 Å². The molecule has 4 heteroatoms. The molecule has 0 unspecified atom stereocenters. The Hall–Kier alpha value is -2.07. The Labute approximate surface area is 129 Å². The molecule has 0 aliphatic heterocycles. The lowest BCUT2D eigenvalue weighted by molar-refractivity contribution is 0.866. The molecular formula is C17H19N3S. The molecular weight excluding hydrogens is 278 g/mol. The number of benzene rings is 2. The van der Waals surface area contributed by atoms with Crippen LogP contribution in [0.15, 0.2) is 48.5 Å². The van der Waals surface area contributed by atoms with Crippen molar-refractivity contribution in [1.82, 2.24) is 4.98 Å². The number of anilines is 3. The van der Waals surface area contributed by atoms with E-state index in [1.54, 1.807) is 11.3 Å². The van der Waals surface area contributed by atoms with Crippen LogP contribution in [0.1, 0.15) is 13.8 Å². The van der Waals surface area contributed by atoms with Crippen LogP contribution in [0.5, 0.6) is 0 Å². The minimum atomic E-state index is 0.938. The number of nitrogens with one attached hydrogen (secondary N) is 1. The molecule has 108 valence electrons. The van der Waals surface area contributed by atoms with Crippen LogP contribution in [-0.2, 0) is 0 Å². The number of rotatable bonds is 5. The van der Waals surface area contributed by atoms with Gasteiger partial charge in [-0.05, 0) is 44.2 Å². The first-order chi connectivity index (χ1) is 10.3. The monoisotopic (exact) mass is 297 g/mol. The molecule has 0 atom stereocenters. The summed E-state index contributed by atoms with van der Waals surface area (Å²) in [7, 11) is 0. The Morgan fingerprint density at radius 3 is 2.62 bits per heavy atom. The number of fused-ring (bicyclic) bond motifs is 1. The highest BCUT2D eigenvalue weighted by atomic mass is 32.1. The Bertz CT molecular complexity index is 698. The van der Waals surface area contributed by atoms with Gasteiger partial charge >= 0.3 is 0 Å². The molecule has 0 fully saturated rings. The van der Waals surface area contributed by atoms with Gasteiger partial charge in [-0.3, -0.25) is 0 Å². The van der Waals surface area contributed by atoms with Gasteiger partial charge in [0.15, 0.2) is 5.13 Å². The molecule has 0 saturated heterocycles. The maximum Gasteiger partial charge on any atom is 0.188 e. The van der Waals surface area contributed by atoms with Gasteiger partial charge in [-0.15, -0.1) is 0 Å². The average molecular weight is 297 g/mol. The molecule has 21 heavy (non-hydrogen) atoms. The Morgan fingerprint density at radius 2 is 1.86 bits per heavy atom. The number of para-hydroxylation sites is 1. The molecule has 3 rings (SSSR count). The quantitative estimate of drug-likeness (QED) is 0.727. The van der Waals surface area contributed by atoms with Crippen LogP contribution in [0.3, 0.4) is 0 Å². The van der Waals surface area contributed by atoms with Crippen LogP contribution in [0, 0.1) is 0 Å². The van der Waals surface area contributed by atoms with Gasteiger partial charge in [-0.25, -0.2) is 4.98 Å². The van der Waals surface area contributed by atoms with Gasteiger partial charge in [-0.1, -0.05) is 29.5 Å². The zero-order valence-electron chi connectivity index (χ0n) is 12.3. The first-order valence-corrected chi connectivity index (χ1v) is 8.09. The van der Waals surface area contributed by atoms with Gasteiger partial charge in [0.2, 0.25) is 0 Å². The van der Waals surface area contributed by atoms with Gasteiger partial charge in [-0.2, -0.15) is 0 Å². The van der Waals surface area contributed by atoms with E-state index in [4.69, 9.17) is 0 Å². The predicted octanol–water partition coefficient (Wildman–Crippen LogP) is 4.89. The third-order valence-corrected chi connectivity index (χ3v) is 4.47. The topological polar surface area (TPSA) is 28.2 Å². The molecule has 0 spiro atoms. The van der Waals surface area contributed by atoms with Crippen molar-refractivity contribution < 1.29 is 0 Å². The van der Waals surface area contributed by atoms with Crippen LogP contribution in [-0.4, -0.2) is 18.1 Å². The summed E-state index contributed by atoms with van der Waals surface area (Å²) in [6, 6.07) is 16.7. The Kier molecular flexibility index (Phi) is 4.06. The third-order valence-electron chi connectivity index (χ3n) is 3.52. The molecule has 2 aromatic carbocycles. The van der Waals surface area contributed by atoms with Crippen molar-refractivity contribution in [2.75, 3.05) is 23.3 Å². The molecule has 0 aliphatic carbocycles. The van der Waals surface area contributed by atoms with Crippen LogP contribution in [0.25, 0.3) is 10.2 Å². The van der Waals surface area contributed by atoms with E-state index < -0.39 is 0 Å². The smallest absolute Gasteiger partial charge is 0.188 e. The fourth-order valence-corrected chi connectivity index (χ4v) is 3.30. The lowest BCUT2D eigenvalue weighted by Gasteiger charge is -2.21. The summed E-state index contributed by atoms with van der Waals surface area (Å²) >= 11 is 1.68. The fourth-order valence-electron chi connectivity index (χ4n) is 2.42. The predicted molar refractivity (Wildman–Crippen MR) is 92.9 cm³/mol. The van der Waals surface area contributed by atoms with Gasteiger partial charge in [0.05, 0.1) is 10.2 Å². The molecule has 0 radical (unpaired) electrons. The van der Waals surface area contributed by atoms with Crippen molar-refractivity contribution >= 4 is 38.1 Å². The third kappa shape index (κ3) is 3.00. The number of aromatic nitrogens is 1. The van der Waals surface area contributed by atoms with Crippen LogP contribution in [0.2, 0.25) is 0 Å². The van der Waals surface area contributed by atoms with Gasteiger partial charge in [0.25, 0.3) is 0 Å². The Balaban J connectivity index is 1.85. The molecule has 3 nitrogen and oxygen atoms in total. The number of hydrogen-bond acceptors (Lipinski definition) is 4. The van der Waals surface area contributed by atoms with E-state index >= 15 is 0 Å². The first-order valence-electron chi connectivity index (χ1n) is 7.27. The largest absolute Gasteiger partial charge is 0.372 e. The summed E-state index contributed by atoms with van der Waals surface area (Å²) in [6.07, 6.45) is 0. The van der Waals surface area contributed by atoms with Crippen molar-refractivity contribution in [1.29, 1.82) is 0 Å². The molecule has 1 N–H and O–H groups in total. The van der Waals surface area contributed by atoms with Crippen molar-refractivity contribution in [2.45, 2.75) is 13.8 Å². The first kappa shape index (κ1) is 13.9. The molecule has 0 bridgehead atoms. The zero-order chi connectivity index (χ0) is 14.7.